The monoisotopic (exact) mass is 288 g/mol. The lowest BCUT2D eigenvalue weighted by Gasteiger charge is -2.34. The number of rotatable bonds is 4. The molecule has 0 aliphatic heterocycles. The summed E-state index contributed by atoms with van der Waals surface area (Å²) >= 11 is 0. The zero-order valence-electron chi connectivity index (χ0n) is 13.7. The van der Waals surface area contributed by atoms with Gasteiger partial charge in [-0.2, -0.15) is 0 Å². The van der Waals surface area contributed by atoms with Crippen molar-refractivity contribution in [1.29, 1.82) is 0 Å². The number of carbonyl (C=O) groups excluding carboxylic acids is 1. The molecule has 2 rings (SSSR count). The highest BCUT2D eigenvalue weighted by molar-refractivity contribution is 5.73. The van der Waals surface area contributed by atoms with Gasteiger partial charge in [-0.25, -0.2) is 0 Å². The van der Waals surface area contributed by atoms with Gasteiger partial charge in [-0.3, -0.25) is 4.79 Å². The smallest absolute Gasteiger partial charge is 0.219 e. The maximum Gasteiger partial charge on any atom is 0.219 e. The Hall–Kier alpha value is -1.51. The molecule has 1 aromatic carbocycles. The topological polar surface area (TPSA) is 32.3 Å². The van der Waals surface area contributed by atoms with Crippen LogP contribution in [0.15, 0.2) is 24.3 Å². The third-order valence-electron chi connectivity index (χ3n) is 4.73. The van der Waals surface area contributed by atoms with E-state index in [9.17, 15) is 4.79 Å². The molecular weight excluding hydrogens is 260 g/mol. The Kier molecular flexibility index (Phi) is 5.27. The average molecular weight is 288 g/mol. The Morgan fingerprint density at radius 2 is 2.00 bits per heavy atom. The highest BCUT2D eigenvalue weighted by Gasteiger charge is 2.25. The molecule has 3 atom stereocenters. The molecule has 0 radical (unpaired) electrons. The van der Waals surface area contributed by atoms with Gasteiger partial charge in [0.1, 0.15) is 0 Å². The van der Waals surface area contributed by atoms with E-state index in [1.54, 1.807) is 11.8 Å². The lowest BCUT2D eigenvalue weighted by atomic mass is 9.80. The molecule has 21 heavy (non-hydrogen) atoms. The Morgan fingerprint density at radius 1 is 1.29 bits per heavy atom. The first-order valence-corrected chi connectivity index (χ1v) is 8.03. The van der Waals surface area contributed by atoms with Crippen LogP contribution in [0.2, 0.25) is 0 Å². The summed E-state index contributed by atoms with van der Waals surface area (Å²) in [6, 6.07) is 8.90. The van der Waals surface area contributed by atoms with Gasteiger partial charge in [-0.05, 0) is 42.7 Å². The number of carbonyl (C=O) groups is 1. The summed E-state index contributed by atoms with van der Waals surface area (Å²) < 4.78 is 0. The first-order chi connectivity index (χ1) is 9.97. The predicted octanol–water partition coefficient (Wildman–Crippen LogP) is 3.90. The van der Waals surface area contributed by atoms with Crippen LogP contribution < -0.4 is 5.32 Å². The van der Waals surface area contributed by atoms with Crippen LogP contribution in [-0.4, -0.2) is 23.9 Å². The number of amides is 1. The molecule has 1 aromatic rings. The first-order valence-electron chi connectivity index (χ1n) is 8.03. The van der Waals surface area contributed by atoms with Crippen molar-refractivity contribution in [3.63, 3.8) is 0 Å². The van der Waals surface area contributed by atoms with Crippen molar-refractivity contribution in [3.8, 4) is 0 Å². The van der Waals surface area contributed by atoms with Gasteiger partial charge in [-0.1, -0.05) is 32.0 Å². The zero-order valence-corrected chi connectivity index (χ0v) is 13.7. The number of benzene rings is 1. The summed E-state index contributed by atoms with van der Waals surface area (Å²) in [7, 11) is 1.85. The number of nitrogens with zero attached hydrogens (tertiary/aromatic N) is 1. The minimum absolute atomic E-state index is 0.102. The van der Waals surface area contributed by atoms with Crippen molar-refractivity contribution in [3.05, 3.63) is 29.8 Å². The fraction of sp³-hybridized carbons (Fsp3) is 0.611. The molecule has 0 heterocycles. The van der Waals surface area contributed by atoms with E-state index in [-0.39, 0.29) is 5.91 Å². The number of nitrogens with one attached hydrogen (secondary N) is 1. The second-order valence-electron chi connectivity index (χ2n) is 6.68. The second kappa shape index (κ2) is 6.97. The highest BCUT2D eigenvalue weighted by Crippen LogP contribution is 2.31. The van der Waals surface area contributed by atoms with Crippen LogP contribution in [0.1, 0.15) is 45.6 Å². The van der Waals surface area contributed by atoms with E-state index in [1.165, 1.54) is 30.5 Å². The van der Waals surface area contributed by atoms with E-state index in [1.807, 2.05) is 13.1 Å². The Balaban J connectivity index is 2.07. The summed E-state index contributed by atoms with van der Waals surface area (Å²) in [6.45, 7) is 6.97. The van der Waals surface area contributed by atoms with Crippen molar-refractivity contribution >= 4 is 11.6 Å². The number of anilines is 1. The molecule has 0 bridgehead atoms. The molecule has 1 aliphatic rings. The lowest BCUT2D eigenvalue weighted by molar-refractivity contribution is -0.128. The standard InChI is InChI=1S/C18H28N2O/c1-13-9-10-17(14(2)11-13)19-18-8-6-5-7-16(18)12-20(4)15(3)21/h5-8,13-14,17,19H,9-12H2,1-4H3. The van der Waals surface area contributed by atoms with Crippen LogP contribution in [0.25, 0.3) is 0 Å². The molecule has 0 spiro atoms. The van der Waals surface area contributed by atoms with Crippen molar-refractivity contribution in [2.75, 3.05) is 12.4 Å². The van der Waals surface area contributed by atoms with E-state index in [0.29, 0.717) is 18.5 Å². The normalized spacial score (nSPS) is 25.4. The van der Waals surface area contributed by atoms with Crippen LogP contribution in [0, 0.1) is 11.8 Å². The van der Waals surface area contributed by atoms with Crippen LogP contribution in [0.3, 0.4) is 0 Å². The molecule has 1 N–H and O–H groups in total. The van der Waals surface area contributed by atoms with E-state index in [4.69, 9.17) is 0 Å². The molecule has 1 aliphatic carbocycles. The lowest BCUT2D eigenvalue weighted by Crippen LogP contribution is -2.33. The number of hydrogen-bond acceptors (Lipinski definition) is 2. The molecule has 116 valence electrons. The number of para-hydroxylation sites is 1. The number of hydrogen-bond donors (Lipinski definition) is 1. The minimum Gasteiger partial charge on any atom is -0.382 e. The Bertz CT molecular complexity index is 486. The molecule has 0 saturated heterocycles. The summed E-state index contributed by atoms with van der Waals surface area (Å²) in [6.07, 6.45) is 3.84. The van der Waals surface area contributed by atoms with Gasteiger partial charge in [0.25, 0.3) is 0 Å². The second-order valence-corrected chi connectivity index (χ2v) is 6.68. The van der Waals surface area contributed by atoms with Crippen molar-refractivity contribution in [1.82, 2.24) is 4.90 Å². The maximum absolute atomic E-state index is 11.4. The fourth-order valence-electron chi connectivity index (χ4n) is 3.25. The zero-order chi connectivity index (χ0) is 15.4. The van der Waals surface area contributed by atoms with Crippen LogP contribution in [-0.2, 0) is 11.3 Å². The summed E-state index contributed by atoms with van der Waals surface area (Å²) in [5.74, 6) is 1.65. The van der Waals surface area contributed by atoms with Gasteiger partial charge in [0.2, 0.25) is 5.91 Å². The van der Waals surface area contributed by atoms with Crippen molar-refractivity contribution in [2.24, 2.45) is 11.8 Å². The Morgan fingerprint density at radius 3 is 2.67 bits per heavy atom. The predicted molar refractivity (Wildman–Crippen MR) is 88.2 cm³/mol. The van der Waals surface area contributed by atoms with E-state index < -0.39 is 0 Å². The third kappa shape index (κ3) is 4.23. The van der Waals surface area contributed by atoms with E-state index in [2.05, 4.69) is 37.4 Å². The van der Waals surface area contributed by atoms with Gasteiger partial charge in [0, 0.05) is 32.2 Å². The summed E-state index contributed by atoms with van der Waals surface area (Å²) in [5.41, 5.74) is 2.37. The van der Waals surface area contributed by atoms with Gasteiger partial charge in [-0.15, -0.1) is 0 Å². The van der Waals surface area contributed by atoms with Crippen LogP contribution in [0.5, 0.6) is 0 Å². The highest BCUT2D eigenvalue weighted by atomic mass is 16.2. The van der Waals surface area contributed by atoms with Crippen molar-refractivity contribution < 1.29 is 4.79 Å². The maximum atomic E-state index is 11.4. The van der Waals surface area contributed by atoms with Crippen molar-refractivity contribution in [2.45, 2.75) is 52.6 Å². The van der Waals surface area contributed by atoms with Gasteiger partial charge in [0.15, 0.2) is 0 Å². The molecule has 3 nitrogen and oxygen atoms in total. The van der Waals surface area contributed by atoms with Gasteiger partial charge < -0.3 is 10.2 Å². The summed E-state index contributed by atoms with van der Waals surface area (Å²) in [4.78, 5) is 13.2. The average Bonchev–Trinajstić information content (AvgIpc) is 2.43. The third-order valence-corrected chi connectivity index (χ3v) is 4.73. The van der Waals surface area contributed by atoms with Crippen LogP contribution >= 0.6 is 0 Å². The SMILES string of the molecule is CC(=O)N(C)Cc1ccccc1NC1CCC(C)CC1C. The molecule has 3 heteroatoms. The summed E-state index contributed by atoms with van der Waals surface area (Å²) in [5, 5.41) is 3.73. The molecule has 1 fully saturated rings. The van der Waals surface area contributed by atoms with E-state index >= 15 is 0 Å². The quantitative estimate of drug-likeness (QED) is 0.911. The minimum atomic E-state index is 0.102. The molecular formula is C18H28N2O. The molecule has 3 unspecified atom stereocenters. The van der Waals surface area contributed by atoms with E-state index in [0.717, 1.165) is 5.92 Å². The fourth-order valence-corrected chi connectivity index (χ4v) is 3.25. The van der Waals surface area contributed by atoms with Gasteiger partial charge >= 0.3 is 0 Å². The molecule has 1 amide bonds. The van der Waals surface area contributed by atoms with Gasteiger partial charge in [0.05, 0.1) is 0 Å². The molecule has 0 aromatic heterocycles. The molecule has 1 saturated carbocycles. The largest absolute Gasteiger partial charge is 0.382 e. The first kappa shape index (κ1) is 15.9. The Labute approximate surface area is 128 Å². The van der Waals surface area contributed by atoms with Crippen LogP contribution in [0.4, 0.5) is 5.69 Å².